The lowest BCUT2D eigenvalue weighted by atomic mass is 10.0. The smallest absolute Gasteiger partial charge is 0.254 e. The van der Waals surface area contributed by atoms with E-state index in [1.165, 1.54) is 5.56 Å². The Balaban J connectivity index is 2.20. The minimum absolute atomic E-state index is 0.203. The first kappa shape index (κ1) is 11.6. The highest BCUT2D eigenvalue weighted by molar-refractivity contribution is 9.09. The standard InChI is InChI=1S/C13H16BrNO/c14-8-4-10-15-9-3-6-11-5-1-2-7-12(11)13(15)16/h1-2,5,7H,3-4,6,8-10H2. The molecule has 0 aliphatic carbocycles. The number of hydrogen-bond acceptors (Lipinski definition) is 1. The van der Waals surface area contributed by atoms with Crippen LogP contribution in [0.4, 0.5) is 0 Å². The Morgan fingerprint density at radius 1 is 1.31 bits per heavy atom. The molecule has 0 N–H and O–H groups in total. The van der Waals surface area contributed by atoms with Crippen molar-refractivity contribution in [2.45, 2.75) is 19.3 Å². The van der Waals surface area contributed by atoms with E-state index >= 15 is 0 Å². The Labute approximate surface area is 105 Å². The highest BCUT2D eigenvalue weighted by atomic mass is 79.9. The van der Waals surface area contributed by atoms with Crippen molar-refractivity contribution in [1.29, 1.82) is 0 Å². The van der Waals surface area contributed by atoms with Crippen LogP contribution in [0, 0.1) is 0 Å². The summed E-state index contributed by atoms with van der Waals surface area (Å²) in [5, 5.41) is 0.957. The molecule has 1 amide bonds. The van der Waals surface area contributed by atoms with Crippen LogP contribution in [-0.2, 0) is 6.42 Å². The molecular weight excluding hydrogens is 266 g/mol. The van der Waals surface area contributed by atoms with Crippen molar-refractivity contribution in [3.63, 3.8) is 0 Å². The molecule has 1 heterocycles. The average Bonchev–Trinajstić information content (AvgIpc) is 2.47. The molecule has 2 nitrogen and oxygen atoms in total. The molecule has 1 aliphatic rings. The van der Waals surface area contributed by atoms with Gasteiger partial charge in [-0.1, -0.05) is 34.1 Å². The van der Waals surface area contributed by atoms with Gasteiger partial charge in [0, 0.05) is 24.0 Å². The molecule has 3 heteroatoms. The third-order valence-corrected chi connectivity index (χ3v) is 3.53. The van der Waals surface area contributed by atoms with E-state index in [9.17, 15) is 4.79 Å². The number of benzene rings is 1. The second-order valence-electron chi connectivity index (χ2n) is 4.10. The van der Waals surface area contributed by atoms with Crippen LogP contribution >= 0.6 is 15.9 Å². The molecule has 0 spiro atoms. The number of carbonyl (C=O) groups is 1. The fourth-order valence-corrected chi connectivity index (χ4v) is 2.39. The van der Waals surface area contributed by atoms with Gasteiger partial charge in [-0.3, -0.25) is 4.79 Å². The van der Waals surface area contributed by atoms with E-state index < -0.39 is 0 Å². The van der Waals surface area contributed by atoms with E-state index in [-0.39, 0.29) is 5.91 Å². The summed E-state index contributed by atoms with van der Waals surface area (Å²) in [6, 6.07) is 7.98. The molecule has 0 radical (unpaired) electrons. The number of rotatable bonds is 3. The number of nitrogens with zero attached hydrogens (tertiary/aromatic N) is 1. The van der Waals surface area contributed by atoms with E-state index in [2.05, 4.69) is 22.0 Å². The number of carbonyl (C=O) groups excluding carboxylic acids is 1. The van der Waals surface area contributed by atoms with Crippen molar-refractivity contribution in [2.75, 3.05) is 18.4 Å². The van der Waals surface area contributed by atoms with Crippen LogP contribution in [0.15, 0.2) is 24.3 Å². The molecule has 1 aromatic rings. The Bertz CT molecular complexity index is 376. The first-order chi connectivity index (χ1) is 7.83. The van der Waals surface area contributed by atoms with E-state index in [0.29, 0.717) is 0 Å². The van der Waals surface area contributed by atoms with Gasteiger partial charge in [0.15, 0.2) is 0 Å². The molecule has 0 aromatic heterocycles. The van der Waals surface area contributed by atoms with Gasteiger partial charge in [0.05, 0.1) is 0 Å². The van der Waals surface area contributed by atoms with Gasteiger partial charge in [0.25, 0.3) is 5.91 Å². The van der Waals surface area contributed by atoms with Crippen LogP contribution < -0.4 is 0 Å². The van der Waals surface area contributed by atoms with E-state index in [1.54, 1.807) is 0 Å². The van der Waals surface area contributed by atoms with Gasteiger partial charge < -0.3 is 4.90 Å². The number of aryl methyl sites for hydroxylation is 1. The quantitative estimate of drug-likeness (QED) is 0.781. The molecule has 16 heavy (non-hydrogen) atoms. The van der Waals surface area contributed by atoms with Gasteiger partial charge in [-0.15, -0.1) is 0 Å². The topological polar surface area (TPSA) is 20.3 Å². The largest absolute Gasteiger partial charge is 0.339 e. The summed E-state index contributed by atoms with van der Waals surface area (Å²) in [4.78, 5) is 14.2. The fraction of sp³-hybridized carbons (Fsp3) is 0.462. The third kappa shape index (κ3) is 2.46. The van der Waals surface area contributed by atoms with Gasteiger partial charge in [0.2, 0.25) is 0 Å². The van der Waals surface area contributed by atoms with Gasteiger partial charge in [-0.2, -0.15) is 0 Å². The summed E-state index contributed by atoms with van der Waals surface area (Å²) in [5.41, 5.74) is 2.10. The number of alkyl halides is 1. The molecule has 86 valence electrons. The zero-order valence-corrected chi connectivity index (χ0v) is 10.9. The summed E-state index contributed by atoms with van der Waals surface area (Å²) in [7, 11) is 0. The SMILES string of the molecule is O=C1c2ccccc2CCCN1CCCBr. The molecule has 0 unspecified atom stereocenters. The van der Waals surface area contributed by atoms with Crippen LogP contribution in [-0.4, -0.2) is 29.2 Å². The zero-order chi connectivity index (χ0) is 11.4. The molecule has 1 aromatic carbocycles. The number of fused-ring (bicyclic) bond motifs is 1. The number of hydrogen-bond donors (Lipinski definition) is 0. The maximum atomic E-state index is 12.3. The van der Waals surface area contributed by atoms with Crippen LogP contribution in [0.2, 0.25) is 0 Å². The summed E-state index contributed by atoms with van der Waals surface area (Å²) in [6.07, 6.45) is 3.12. The molecule has 0 saturated carbocycles. The predicted molar refractivity (Wildman–Crippen MR) is 69.1 cm³/mol. The first-order valence-corrected chi connectivity index (χ1v) is 6.88. The van der Waals surface area contributed by atoms with Crippen molar-refractivity contribution < 1.29 is 4.79 Å². The van der Waals surface area contributed by atoms with E-state index in [1.807, 2.05) is 23.1 Å². The molecule has 2 rings (SSSR count). The van der Waals surface area contributed by atoms with Crippen LogP contribution in [0.3, 0.4) is 0 Å². The van der Waals surface area contributed by atoms with E-state index in [0.717, 1.165) is 43.2 Å². The zero-order valence-electron chi connectivity index (χ0n) is 9.29. The minimum atomic E-state index is 0.203. The maximum absolute atomic E-state index is 12.3. The van der Waals surface area contributed by atoms with Crippen LogP contribution in [0.1, 0.15) is 28.8 Å². The molecule has 0 saturated heterocycles. The summed E-state index contributed by atoms with van der Waals surface area (Å²) < 4.78 is 0. The second-order valence-corrected chi connectivity index (χ2v) is 4.89. The monoisotopic (exact) mass is 281 g/mol. The van der Waals surface area contributed by atoms with Crippen molar-refractivity contribution in [3.8, 4) is 0 Å². The average molecular weight is 282 g/mol. The van der Waals surface area contributed by atoms with Crippen LogP contribution in [0.25, 0.3) is 0 Å². The normalized spacial score (nSPS) is 15.8. The first-order valence-electron chi connectivity index (χ1n) is 5.76. The van der Waals surface area contributed by atoms with Crippen LogP contribution in [0.5, 0.6) is 0 Å². The van der Waals surface area contributed by atoms with Gasteiger partial charge >= 0.3 is 0 Å². The van der Waals surface area contributed by atoms with Crippen molar-refractivity contribution in [2.24, 2.45) is 0 Å². The Kier molecular flexibility index (Phi) is 3.99. The summed E-state index contributed by atoms with van der Waals surface area (Å²) in [5.74, 6) is 0.203. The molecular formula is C13H16BrNO. The van der Waals surface area contributed by atoms with Gasteiger partial charge in [-0.25, -0.2) is 0 Å². The molecule has 0 bridgehead atoms. The lowest BCUT2D eigenvalue weighted by Crippen LogP contribution is -2.32. The Morgan fingerprint density at radius 2 is 2.12 bits per heavy atom. The maximum Gasteiger partial charge on any atom is 0.254 e. The third-order valence-electron chi connectivity index (χ3n) is 2.97. The minimum Gasteiger partial charge on any atom is -0.339 e. The van der Waals surface area contributed by atoms with Crippen molar-refractivity contribution >= 4 is 21.8 Å². The molecule has 1 aliphatic heterocycles. The summed E-state index contributed by atoms with van der Waals surface area (Å²) in [6.45, 7) is 1.75. The molecule has 0 fully saturated rings. The lowest BCUT2D eigenvalue weighted by Gasteiger charge is -2.20. The highest BCUT2D eigenvalue weighted by Gasteiger charge is 2.20. The second kappa shape index (κ2) is 5.48. The van der Waals surface area contributed by atoms with Gasteiger partial charge in [-0.05, 0) is 30.9 Å². The number of halogens is 1. The van der Waals surface area contributed by atoms with E-state index in [4.69, 9.17) is 0 Å². The van der Waals surface area contributed by atoms with Crippen molar-refractivity contribution in [3.05, 3.63) is 35.4 Å². The molecule has 0 atom stereocenters. The number of amides is 1. The Hall–Kier alpha value is -0.830. The van der Waals surface area contributed by atoms with Crippen molar-refractivity contribution in [1.82, 2.24) is 4.90 Å². The fourth-order valence-electron chi connectivity index (χ4n) is 2.14. The Morgan fingerprint density at radius 3 is 2.94 bits per heavy atom. The summed E-state index contributed by atoms with van der Waals surface area (Å²) >= 11 is 3.41. The van der Waals surface area contributed by atoms with Gasteiger partial charge in [0.1, 0.15) is 0 Å². The highest BCUT2D eigenvalue weighted by Crippen LogP contribution is 2.18. The lowest BCUT2D eigenvalue weighted by molar-refractivity contribution is 0.0761. The predicted octanol–water partition coefficient (Wildman–Crippen LogP) is 2.86.